The molecule has 0 aliphatic carbocycles. The fraction of sp³-hybridized carbons (Fsp3) is 0.562. The molecule has 1 saturated heterocycles. The number of aromatic nitrogens is 2. The minimum Gasteiger partial charge on any atom is -0.367 e. The highest BCUT2D eigenvalue weighted by atomic mass is 15.3. The van der Waals surface area contributed by atoms with Gasteiger partial charge in [-0.15, -0.1) is 0 Å². The van der Waals surface area contributed by atoms with Gasteiger partial charge in [0.1, 0.15) is 5.65 Å². The maximum absolute atomic E-state index is 4.66. The van der Waals surface area contributed by atoms with Crippen LogP contribution in [0.1, 0.15) is 25.3 Å². The summed E-state index contributed by atoms with van der Waals surface area (Å²) in [4.78, 5) is 9.54. The van der Waals surface area contributed by atoms with E-state index >= 15 is 0 Å². The number of rotatable bonds is 2. The molecule has 0 amide bonds. The molecule has 1 fully saturated rings. The molecule has 0 radical (unpaired) electrons. The highest BCUT2D eigenvalue weighted by Gasteiger charge is 2.19. The second-order valence-corrected chi connectivity index (χ2v) is 6.21. The summed E-state index contributed by atoms with van der Waals surface area (Å²) in [5.74, 6) is 0.521. The van der Waals surface area contributed by atoms with Gasteiger partial charge in [-0.3, -0.25) is 0 Å². The molecule has 0 spiro atoms. The van der Waals surface area contributed by atoms with Crippen LogP contribution >= 0.6 is 0 Å². The highest BCUT2D eigenvalue weighted by molar-refractivity contribution is 5.91. The maximum Gasteiger partial charge on any atom is 0.141 e. The van der Waals surface area contributed by atoms with Crippen molar-refractivity contribution in [2.24, 2.45) is 7.05 Å². The lowest BCUT2D eigenvalue weighted by Gasteiger charge is -2.33. The van der Waals surface area contributed by atoms with Gasteiger partial charge in [0.05, 0.1) is 5.69 Å². The zero-order valence-electron chi connectivity index (χ0n) is 12.9. The number of hydrogen-bond donors (Lipinski definition) is 0. The second kappa shape index (κ2) is 5.09. The van der Waals surface area contributed by atoms with Crippen LogP contribution in [-0.2, 0) is 7.05 Å². The van der Waals surface area contributed by atoms with Gasteiger partial charge in [-0.05, 0) is 24.6 Å². The molecule has 0 aromatic carbocycles. The SMILES string of the molecule is CC(C)c1cnc2c(c1)c(N1CCN(C)CC1)cn2C. The van der Waals surface area contributed by atoms with Crippen molar-refractivity contribution in [1.29, 1.82) is 0 Å². The first kappa shape index (κ1) is 13.4. The van der Waals surface area contributed by atoms with E-state index in [0.29, 0.717) is 5.92 Å². The molecule has 2 aromatic rings. The summed E-state index contributed by atoms with van der Waals surface area (Å²) in [5, 5.41) is 1.29. The number of piperazine rings is 1. The Morgan fingerprint density at radius 2 is 1.80 bits per heavy atom. The van der Waals surface area contributed by atoms with E-state index in [1.165, 1.54) is 16.6 Å². The van der Waals surface area contributed by atoms with Gasteiger partial charge in [0.25, 0.3) is 0 Å². The second-order valence-electron chi connectivity index (χ2n) is 6.21. The third-order valence-corrected chi connectivity index (χ3v) is 4.32. The zero-order chi connectivity index (χ0) is 14.3. The normalized spacial score (nSPS) is 17.4. The first-order valence-electron chi connectivity index (χ1n) is 7.44. The average molecular weight is 272 g/mol. The number of nitrogens with zero attached hydrogens (tertiary/aromatic N) is 4. The average Bonchev–Trinajstić information content (AvgIpc) is 2.76. The molecule has 20 heavy (non-hydrogen) atoms. The van der Waals surface area contributed by atoms with E-state index in [9.17, 15) is 0 Å². The van der Waals surface area contributed by atoms with Crippen LogP contribution < -0.4 is 4.90 Å². The predicted octanol–water partition coefficient (Wildman–Crippen LogP) is 2.45. The van der Waals surface area contributed by atoms with Gasteiger partial charge in [-0.2, -0.15) is 0 Å². The van der Waals surface area contributed by atoms with Crippen molar-refractivity contribution in [1.82, 2.24) is 14.5 Å². The van der Waals surface area contributed by atoms with E-state index < -0.39 is 0 Å². The Kier molecular flexibility index (Phi) is 3.42. The van der Waals surface area contributed by atoms with E-state index in [2.05, 4.69) is 59.6 Å². The minimum absolute atomic E-state index is 0.521. The van der Waals surface area contributed by atoms with Crippen molar-refractivity contribution in [3.8, 4) is 0 Å². The molecule has 2 aromatic heterocycles. The zero-order valence-corrected chi connectivity index (χ0v) is 12.9. The molecule has 0 unspecified atom stereocenters. The summed E-state index contributed by atoms with van der Waals surface area (Å²) < 4.78 is 2.15. The summed E-state index contributed by atoms with van der Waals surface area (Å²) in [6, 6.07) is 2.32. The van der Waals surface area contributed by atoms with Crippen LogP contribution in [0.2, 0.25) is 0 Å². The monoisotopic (exact) mass is 272 g/mol. The first-order chi connectivity index (χ1) is 9.56. The van der Waals surface area contributed by atoms with Crippen LogP contribution in [0.15, 0.2) is 18.5 Å². The minimum atomic E-state index is 0.521. The van der Waals surface area contributed by atoms with Crippen molar-refractivity contribution < 1.29 is 0 Å². The molecule has 0 N–H and O–H groups in total. The van der Waals surface area contributed by atoms with Gasteiger partial charge >= 0.3 is 0 Å². The van der Waals surface area contributed by atoms with Gasteiger partial charge in [-0.1, -0.05) is 13.8 Å². The van der Waals surface area contributed by atoms with Crippen LogP contribution in [0.25, 0.3) is 11.0 Å². The topological polar surface area (TPSA) is 24.3 Å². The standard InChI is InChI=1S/C16H24N4/c1-12(2)13-9-14-15(11-19(4)16(14)17-10-13)20-7-5-18(3)6-8-20/h9-12H,5-8H2,1-4H3. The lowest BCUT2D eigenvalue weighted by atomic mass is 10.0. The van der Waals surface area contributed by atoms with Gasteiger partial charge in [-0.25, -0.2) is 4.98 Å². The summed E-state index contributed by atoms with van der Waals surface area (Å²) in [7, 11) is 4.28. The van der Waals surface area contributed by atoms with Crippen molar-refractivity contribution >= 4 is 16.7 Å². The molecular weight excluding hydrogens is 248 g/mol. The molecule has 108 valence electrons. The molecule has 1 aliphatic rings. The summed E-state index contributed by atoms with van der Waals surface area (Å²) in [6.45, 7) is 8.91. The van der Waals surface area contributed by atoms with Crippen LogP contribution in [0.5, 0.6) is 0 Å². The molecular formula is C16H24N4. The number of anilines is 1. The van der Waals surface area contributed by atoms with Crippen molar-refractivity contribution in [3.05, 3.63) is 24.0 Å². The lowest BCUT2D eigenvalue weighted by molar-refractivity contribution is 0.313. The van der Waals surface area contributed by atoms with Crippen LogP contribution in [0.3, 0.4) is 0 Å². The third kappa shape index (κ3) is 2.29. The van der Waals surface area contributed by atoms with Gasteiger partial charge in [0, 0.05) is 51.0 Å². The van der Waals surface area contributed by atoms with Crippen molar-refractivity contribution in [2.45, 2.75) is 19.8 Å². The molecule has 0 bridgehead atoms. The lowest BCUT2D eigenvalue weighted by Crippen LogP contribution is -2.44. The van der Waals surface area contributed by atoms with Crippen molar-refractivity contribution in [2.75, 3.05) is 38.1 Å². The third-order valence-electron chi connectivity index (χ3n) is 4.32. The number of hydrogen-bond acceptors (Lipinski definition) is 3. The van der Waals surface area contributed by atoms with Crippen LogP contribution in [0.4, 0.5) is 5.69 Å². The molecule has 0 atom stereocenters. The molecule has 4 heteroatoms. The molecule has 1 aliphatic heterocycles. The Morgan fingerprint density at radius 3 is 2.45 bits per heavy atom. The van der Waals surface area contributed by atoms with E-state index in [1.54, 1.807) is 0 Å². The van der Waals surface area contributed by atoms with Gasteiger partial charge in [0.15, 0.2) is 0 Å². The van der Waals surface area contributed by atoms with E-state index in [-0.39, 0.29) is 0 Å². The maximum atomic E-state index is 4.66. The van der Waals surface area contributed by atoms with Crippen LogP contribution in [0, 0.1) is 0 Å². The van der Waals surface area contributed by atoms with E-state index in [1.807, 2.05) is 6.20 Å². The quantitative estimate of drug-likeness (QED) is 0.839. The molecule has 4 nitrogen and oxygen atoms in total. The Bertz CT molecular complexity index is 606. The summed E-state index contributed by atoms with van der Waals surface area (Å²) >= 11 is 0. The van der Waals surface area contributed by atoms with Gasteiger partial charge in [0.2, 0.25) is 0 Å². The number of aryl methyl sites for hydroxylation is 1. The Labute approximate surface area is 121 Å². The fourth-order valence-electron chi connectivity index (χ4n) is 2.87. The van der Waals surface area contributed by atoms with E-state index in [4.69, 9.17) is 0 Å². The van der Waals surface area contributed by atoms with E-state index in [0.717, 1.165) is 31.8 Å². The predicted molar refractivity (Wildman–Crippen MR) is 84.5 cm³/mol. The van der Waals surface area contributed by atoms with Crippen molar-refractivity contribution in [3.63, 3.8) is 0 Å². The Morgan fingerprint density at radius 1 is 1.10 bits per heavy atom. The first-order valence-corrected chi connectivity index (χ1v) is 7.44. The smallest absolute Gasteiger partial charge is 0.141 e. The van der Waals surface area contributed by atoms with Crippen LogP contribution in [-0.4, -0.2) is 47.7 Å². The number of likely N-dealkylation sites (N-methyl/N-ethyl adjacent to an activating group) is 1. The number of fused-ring (bicyclic) bond motifs is 1. The molecule has 0 saturated carbocycles. The largest absolute Gasteiger partial charge is 0.367 e. The summed E-state index contributed by atoms with van der Waals surface area (Å²) in [5.41, 5.74) is 3.74. The summed E-state index contributed by atoms with van der Waals surface area (Å²) in [6.07, 6.45) is 4.24. The molecule has 3 heterocycles. The molecule has 3 rings (SSSR count). The Balaban J connectivity index is 2.03. The number of pyridine rings is 1. The Hall–Kier alpha value is -1.55. The highest BCUT2D eigenvalue weighted by Crippen LogP contribution is 2.30. The van der Waals surface area contributed by atoms with Gasteiger partial charge < -0.3 is 14.4 Å². The fourth-order valence-corrected chi connectivity index (χ4v) is 2.87.